The number of hydrogen-bond donors (Lipinski definition) is 0. The second kappa shape index (κ2) is 11.9. The van der Waals surface area contributed by atoms with Gasteiger partial charge in [0.1, 0.15) is 22.3 Å². The molecule has 5 nitrogen and oxygen atoms in total. The maximum atomic E-state index is 6.30. The Labute approximate surface area is 320 Å². The first-order valence-electron chi connectivity index (χ1n) is 18.8. The average Bonchev–Trinajstić information content (AvgIpc) is 3.84. The molecule has 0 atom stereocenters. The van der Waals surface area contributed by atoms with Gasteiger partial charge >= 0.3 is 0 Å². The summed E-state index contributed by atoms with van der Waals surface area (Å²) in [7, 11) is 0. The molecular formula is C51H29N3O2. The number of nitrogens with zero attached hydrogens (tertiary/aromatic N) is 3. The van der Waals surface area contributed by atoms with Crippen LogP contribution in [0.2, 0.25) is 0 Å². The van der Waals surface area contributed by atoms with Gasteiger partial charge in [-0.15, -0.1) is 0 Å². The fourth-order valence-corrected chi connectivity index (χ4v) is 8.49. The molecule has 3 heterocycles. The molecule has 0 amide bonds. The van der Waals surface area contributed by atoms with E-state index < -0.39 is 0 Å². The number of fused-ring (bicyclic) bond motifs is 10. The first kappa shape index (κ1) is 30.8. The van der Waals surface area contributed by atoms with Crippen LogP contribution in [0.1, 0.15) is 0 Å². The van der Waals surface area contributed by atoms with E-state index in [1.807, 2.05) is 42.5 Å². The fraction of sp³-hybridized carbons (Fsp3) is 0. The van der Waals surface area contributed by atoms with Crippen LogP contribution in [0.5, 0.6) is 0 Å². The lowest BCUT2D eigenvalue weighted by Gasteiger charge is -2.14. The second-order valence-corrected chi connectivity index (χ2v) is 14.3. The predicted molar refractivity (Wildman–Crippen MR) is 229 cm³/mol. The van der Waals surface area contributed by atoms with Crippen LogP contribution in [0.4, 0.5) is 0 Å². The third-order valence-corrected chi connectivity index (χ3v) is 11.1. The lowest BCUT2D eigenvalue weighted by Crippen LogP contribution is -2.01. The van der Waals surface area contributed by atoms with E-state index >= 15 is 0 Å². The van der Waals surface area contributed by atoms with Crippen molar-refractivity contribution in [3.8, 4) is 45.3 Å². The van der Waals surface area contributed by atoms with Gasteiger partial charge in [0.05, 0.1) is 0 Å². The minimum absolute atomic E-state index is 0.592. The van der Waals surface area contributed by atoms with Gasteiger partial charge in [0.2, 0.25) is 0 Å². The van der Waals surface area contributed by atoms with Crippen LogP contribution in [0.15, 0.2) is 185 Å². The number of para-hydroxylation sites is 2. The molecule has 260 valence electrons. The van der Waals surface area contributed by atoms with E-state index in [1.54, 1.807) is 0 Å². The number of rotatable bonds is 4. The highest BCUT2D eigenvalue weighted by Gasteiger charge is 2.20. The number of benzene rings is 9. The van der Waals surface area contributed by atoms with Gasteiger partial charge in [0, 0.05) is 38.2 Å². The molecule has 12 aromatic rings. The van der Waals surface area contributed by atoms with E-state index in [9.17, 15) is 0 Å². The van der Waals surface area contributed by atoms with Crippen LogP contribution in [-0.4, -0.2) is 15.0 Å². The van der Waals surface area contributed by atoms with Crippen LogP contribution in [0.25, 0.3) is 121 Å². The molecule has 56 heavy (non-hydrogen) atoms. The summed E-state index contributed by atoms with van der Waals surface area (Å²) >= 11 is 0. The smallest absolute Gasteiger partial charge is 0.164 e. The zero-order valence-corrected chi connectivity index (χ0v) is 29.9. The van der Waals surface area contributed by atoms with Crippen molar-refractivity contribution in [2.45, 2.75) is 0 Å². The third-order valence-electron chi connectivity index (χ3n) is 11.1. The van der Waals surface area contributed by atoms with Crippen molar-refractivity contribution in [2.24, 2.45) is 0 Å². The Kier molecular flexibility index (Phi) is 6.56. The molecule has 0 radical (unpaired) electrons. The Balaban J connectivity index is 1.08. The summed E-state index contributed by atoms with van der Waals surface area (Å²) in [6, 6.07) is 61.1. The van der Waals surface area contributed by atoms with Gasteiger partial charge in [-0.05, 0) is 85.9 Å². The van der Waals surface area contributed by atoms with Crippen LogP contribution in [0, 0.1) is 0 Å². The molecule has 9 aromatic carbocycles. The van der Waals surface area contributed by atoms with Crippen molar-refractivity contribution >= 4 is 76.2 Å². The van der Waals surface area contributed by atoms with Gasteiger partial charge in [-0.3, -0.25) is 0 Å². The molecule has 0 unspecified atom stereocenters. The van der Waals surface area contributed by atoms with Crippen LogP contribution < -0.4 is 0 Å². The summed E-state index contributed by atoms with van der Waals surface area (Å²) in [6.45, 7) is 0. The first-order valence-corrected chi connectivity index (χ1v) is 18.8. The highest BCUT2D eigenvalue weighted by atomic mass is 16.3. The Bertz CT molecular complexity index is 3560. The van der Waals surface area contributed by atoms with Gasteiger partial charge < -0.3 is 8.83 Å². The SMILES string of the molecule is c1ccc2cc(-c3nc(-c4ccc(-c5ccc6ccc7oc8ccccc8c7c6c5)c5ccccc45)nc(-c4cccc5oc6ccccc6c45)n3)ccc2c1. The Morgan fingerprint density at radius 3 is 1.64 bits per heavy atom. The molecule has 12 rings (SSSR count). The van der Waals surface area contributed by atoms with Crippen molar-refractivity contribution in [2.75, 3.05) is 0 Å². The maximum absolute atomic E-state index is 6.30. The molecule has 0 saturated heterocycles. The van der Waals surface area contributed by atoms with E-state index in [-0.39, 0.29) is 0 Å². The van der Waals surface area contributed by atoms with E-state index in [2.05, 4.69) is 133 Å². The molecule has 5 heteroatoms. The summed E-state index contributed by atoms with van der Waals surface area (Å²) in [6.07, 6.45) is 0. The average molecular weight is 716 g/mol. The predicted octanol–water partition coefficient (Wildman–Crippen LogP) is 13.8. The number of hydrogen-bond acceptors (Lipinski definition) is 5. The zero-order valence-electron chi connectivity index (χ0n) is 29.9. The Morgan fingerprint density at radius 2 is 0.839 bits per heavy atom. The largest absolute Gasteiger partial charge is 0.456 e. The van der Waals surface area contributed by atoms with Crippen molar-refractivity contribution in [1.29, 1.82) is 0 Å². The summed E-state index contributed by atoms with van der Waals surface area (Å²) < 4.78 is 12.6. The van der Waals surface area contributed by atoms with Gasteiger partial charge in [-0.1, -0.05) is 133 Å². The van der Waals surface area contributed by atoms with Gasteiger partial charge in [0.15, 0.2) is 17.5 Å². The zero-order chi connectivity index (χ0) is 36.7. The molecule has 0 fully saturated rings. The van der Waals surface area contributed by atoms with Gasteiger partial charge in [-0.25, -0.2) is 15.0 Å². The van der Waals surface area contributed by atoms with Crippen molar-refractivity contribution in [3.63, 3.8) is 0 Å². The third kappa shape index (κ3) is 4.71. The highest BCUT2D eigenvalue weighted by Crippen LogP contribution is 2.41. The maximum Gasteiger partial charge on any atom is 0.164 e. The molecule has 0 spiro atoms. The van der Waals surface area contributed by atoms with E-state index in [1.165, 1.54) is 10.8 Å². The van der Waals surface area contributed by atoms with E-state index in [0.717, 1.165) is 93.2 Å². The van der Waals surface area contributed by atoms with Crippen LogP contribution in [0.3, 0.4) is 0 Å². The van der Waals surface area contributed by atoms with E-state index in [4.69, 9.17) is 23.8 Å². The number of furan rings is 2. The molecular weight excluding hydrogens is 687 g/mol. The monoisotopic (exact) mass is 715 g/mol. The summed E-state index contributed by atoms with van der Waals surface area (Å²) in [4.78, 5) is 15.7. The van der Waals surface area contributed by atoms with Gasteiger partial charge in [-0.2, -0.15) is 0 Å². The van der Waals surface area contributed by atoms with E-state index in [0.29, 0.717) is 17.5 Å². The molecule has 0 aliphatic heterocycles. The topological polar surface area (TPSA) is 65.0 Å². The van der Waals surface area contributed by atoms with Crippen molar-refractivity contribution in [1.82, 2.24) is 15.0 Å². The fourth-order valence-electron chi connectivity index (χ4n) is 8.49. The minimum atomic E-state index is 0.592. The molecule has 0 bridgehead atoms. The highest BCUT2D eigenvalue weighted by molar-refractivity contribution is 6.20. The first-order chi connectivity index (χ1) is 27.7. The number of aromatic nitrogens is 3. The summed E-state index contributed by atoms with van der Waals surface area (Å²) in [5.74, 6) is 1.81. The molecule has 0 saturated carbocycles. The minimum Gasteiger partial charge on any atom is -0.456 e. The standard InChI is InChI=1S/C51H29N3O2/c1-2-11-32-28-34(23-20-30(32)10-1)49-52-50(54-51(53-49)41-16-9-19-45-47(41)39-14-5-7-17-43(39)55-45)38-26-25-35(36-12-3-4-13-37(36)38)33-22-21-31-24-27-46-48(42(31)29-33)40-15-6-8-18-44(40)56-46/h1-29H. The quantitative estimate of drug-likeness (QED) is 0.181. The summed E-state index contributed by atoms with van der Waals surface area (Å²) in [5.41, 5.74) is 8.43. The van der Waals surface area contributed by atoms with Crippen molar-refractivity contribution < 1.29 is 8.83 Å². The Morgan fingerprint density at radius 1 is 0.286 bits per heavy atom. The summed E-state index contributed by atoms with van der Waals surface area (Å²) in [5, 5.41) is 11.1. The normalized spacial score (nSPS) is 11.9. The lowest BCUT2D eigenvalue weighted by molar-refractivity contribution is 0.668. The molecule has 3 aromatic heterocycles. The van der Waals surface area contributed by atoms with Gasteiger partial charge in [0.25, 0.3) is 0 Å². The molecule has 0 aliphatic carbocycles. The van der Waals surface area contributed by atoms with Crippen LogP contribution in [-0.2, 0) is 0 Å². The second-order valence-electron chi connectivity index (χ2n) is 14.3. The van der Waals surface area contributed by atoms with Crippen molar-refractivity contribution in [3.05, 3.63) is 176 Å². The lowest BCUT2D eigenvalue weighted by atomic mass is 9.92. The molecule has 0 aliphatic rings. The Hall–Kier alpha value is -7.63. The molecule has 0 N–H and O–H groups in total. The van der Waals surface area contributed by atoms with Crippen LogP contribution >= 0.6 is 0 Å².